The van der Waals surface area contributed by atoms with Crippen LogP contribution < -0.4 is 0 Å². The van der Waals surface area contributed by atoms with Crippen molar-refractivity contribution in [1.82, 2.24) is 24.9 Å². The number of ketones is 3. The number of hydrogen-bond donors (Lipinski definition) is 3. The molecule has 9 aromatic carbocycles. The summed E-state index contributed by atoms with van der Waals surface area (Å²) in [7, 11) is 0. The van der Waals surface area contributed by atoms with Gasteiger partial charge in [-0.1, -0.05) is 142 Å². The molecule has 512 valence electrons. The number of aliphatic hydroxyl groups is 3. The van der Waals surface area contributed by atoms with Crippen LogP contribution in [0.3, 0.4) is 0 Å². The normalized spacial score (nSPS) is 10.6. The predicted octanol–water partition coefficient (Wildman–Crippen LogP) is 20.3. The number of para-hydroxylation sites is 3. The van der Waals surface area contributed by atoms with Gasteiger partial charge in [0.15, 0.2) is 17.3 Å². The Kier molecular flexibility index (Phi) is 36.7. The second-order valence-corrected chi connectivity index (χ2v) is 22.7. The summed E-state index contributed by atoms with van der Waals surface area (Å²) < 4.78 is 0. The molecule has 0 saturated heterocycles. The zero-order chi connectivity index (χ0) is 68.1. The molecule has 15 heteroatoms. The van der Waals surface area contributed by atoms with Crippen molar-refractivity contribution in [3.63, 3.8) is 0 Å². The molecule has 0 amide bonds. The van der Waals surface area contributed by atoms with E-state index >= 15 is 0 Å². The van der Waals surface area contributed by atoms with Crippen molar-refractivity contribution >= 4 is 60.8 Å². The molecule has 0 aliphatic heterocycles. The smallest absolute Gasteiger partial charge is 0.155 e. The van der Waals surface area contributed by atoms with Gasteiger partial charge in [-0.05, 0) is 127 Å². The third kappa shape index (κ3) is 27.5. The third-order valence-corrected chi connectivity index (χ3v) is 13.6. The Balaban J connectivity index is 0.000000311. The molecule has 4 aromatic heterocycles. The predicted molar refractivity (Wildman–Crippen MR) is 387 cm³/mol. The maximum absolute atomic E-state index is 10.0. The fourth-order valence-electron chi connectivity index (χ4n) is 9.42. The van der Waals surface area contributed by atoms with Crippen LogP contribution in [-0.2, 0) is 100 Å². The van der Waals surface area contributed by atoms with Gasteiger partial charge < -0.3 is 25.3 Å². The first-order valence-corrected chi connectivity index (χ1v) is 30.7. The molecule has 0 aliphatic carbocycles. The number of aromatic nitrogens is 5. The quantitative estimate of drug-likeness (QED) is 0.0750. The zero-order valence-corrected chi connectivity index (χ0v) is 65.7. The number of pyridine rings is 3. The summed E-state index contributed by atoms with van der Waals surface area (Å²) in [5, 5.41) is 31.0. The molecule has 0 saturated carbocycles. The number of carbonyl (C=O) groups is 3. The number of allylic oxidation sites excluding steroid dienone is 6. The van der Waals surface area contributed by atoms with Crippen molar-refractivity contribution in [3.8, 4) is 56.3 Å². The first-order chi connectivity index (χ1) is 45.7. The topological polar surface area (TPSA) is 176 Å². The van der Waals surface area contributed by atoms with Gasteiger partial charge in [0.1, 0.15) is 0 Å². The third-order valence-electron chi connectivity index (χ3n) is 13.6. The van der Waals surface area contributed by atoms with E-state index in [0.29, 0.717) is 0 Å². The maximum Gasteiger partial charge on any atom is 0.155 e. The molecule has 4 radical (unpaired) electrons. The van der Waals surface area contributed by atoms with Crippen LogP contribution in [0.2, 0.25) is 0 Å². The molecule has 0 aliphatic rings. The molecule has 0 spiro atoms. The van der Waals surface area contributed by atoms with Crippen LogP contribution in [0.5, 0.6) is 0 Å². The molecule has 0 unspecified atom stereocenters. The van der Waals surface area contributed by atoms with E-state index in [0.717, 1.165) is 72.8 Å². The summed E-state index contributed by atoms with van der Waals surface area (Å²) in [4.78, 5) is 53.3. The van der Waals surface area contributed by atoms with Crippen LogP contribution in [0.4, 0.5) is 0 Å². The molecule has 99 heavy (non-hydrogen) atoms. The molecule has 0 atom stereocenters. The minimum atomic E-state index is -0.125. The van der Waals surface area contributed by atoms with Crippen molar-refractivity contribution in [1.29, 1.82) is 0 Å². The molecule has 13 aromatic rings. The summed E-state index contributed by atoms with van der Waals surface area (Å²) in [5.41, 5.74) is 14.2. The molecule has 4 heterocycles. The van der Waals surface area contributed by atoms with Crippen molar-refractivity contribution < 1.29 is 110 Å². The number of aliphatic hydroxyl groups excluding tert-OH is 3. The zero-order valence-electron chi connectivity index (χ0n) is 56.1. The van der Waals surface area contributed by atoms with Crippen LogP contribution in [0.25, 0.3) is 99.8 Å². The average Bonchev–Trinajstić information content (AvgIpc) is 0.811. The Morgan fingerprint density at radius 1 is 0.354 bits per heavy atom. The van der Waals surface area contributed by atoms with E-state index in [1.54, 1.807) is 0 Å². The van der Waals surface area contributed by atoms with Gasteiger partial charge in [0.25, 0.3) is 0 Å². The van der Waals surface area contributed by atoms with Gasteiger partial charge >= 0.3 is 0 Å². The molecule has 13 rings (SSSR count). The Labute approximate surface area is 634 Å². The number of rotatable bonds is 8. The monoisotopic (exact) mass is 2020 g/mol. The van der Waals surface area contributed by atoms with Crippen molar-refractivity contribution in [3.05, 3.63) is 320 Å². The number of benzene rings is 9. The van der Waals surface area contributed by atoms with E-state index in [-0.39, 0.29) is 120 Å². The molecule has 0 fully saturated rings. The van der Waals surface area contributed by atoms with E-state index in [4.69, 9.17) is 25.3 Å². The second-order valence-electron chi connectivity index (χ2n) is 22.7. The van der Waals surface area contributed by atoms with E-state index in [1.165, 1.54) is 92.3 Å². The van der Waals surface area contributed by atoms with Gasteiger partial charge in [-0.25, -0.2) is 0 Å². The fraction of sp³-hybridized carbons (Fsp3) is 0.119. The minimum Gasteiger partial charge on any atom is -0.512 e. The summed E-state index contributed by atoms with van der Waals surface area (Å²) in [6.07, 6.45) is 7.21. The first-order valence-electron chi connectivity index (χ1n) is 30.7. The molecule has 3 N–H and O–H groups in total. The maximum atomic E-state index is 10.0. The van der Waals surface area contributed by atoms with Gasteiger partial charge in [-0.15, -0.1) is 143 Å². The van der Waals surface area contributed by atoms with Gasteiger partial charge in [0, 0.05) is 117 Å². The Morgan fingerprint density at radius 2 is 0.737 bits per heavy atom. The Morgan fingerprint density at radius 3 is 1.14 bits per heavy atom. The standard InChI is InChI=1S/C20H13N2.C19H18N.2C15H10N.3C5H8O2.4Ir/c1-3-9-15(10-4-1)19-20(16-11-5-2-6-12-16)22-18-14-8-7-13-17(18)21-19;1-19(2,3)16-10-8-15(9-11-16)18-17-7-5-4-6-14(17)12-13-20-18;1-2-7-13(8-3-1)15-14-9-5-4-6-12(14)10-11-16-15;1-2-6-12(7-3-1)15-11-10-13-8-4-5-9-14(13)16-15;3*1-4(6)3-5(2)7;;;;/h1-11,13-14H;4-8,10-13H,1-3H3;1-7,9-11H;1-6,8-11H;3*3,6H,1-2H3;;;;/q4*-1;;;;;;;. The average molecular weight is 2020 g/mol. The number of fused-ring (bicyclic) bond motifs is 4. The number of carbonyl (C=O) groups excluding carboxylic acids is 3. The van der Waals surface area contributed by atoms with Crippen molar-refractivity contribution in [2.45, 2.75) is 67.7 Å². The van der Waals surface area contributed by atoms with Crippen molar-refractivity contribution in [2.24, 2.45) is 0 Å². The van der Waals surface area contributed by atoms with Gasteiger partial charge in [0.2, 0.25) is 0 Å². The van der Waals surface area contributed by atoms with Crippen LogP contribution in [0.1, 0.15) is 67.9 Å². The summed E-state index contributed by atoms with van der Waals surface area (Å²) in [6.45, 7) is 15.2. The van der Waals surface area contributed by atoms with Crippen molar-refractivity contribution in [2.75, 3.05) is 0 Å². The Bertz CT molecular complexity index is 4570. The van der Waals surface area contributed by atoms with Crippen LogP contribution >= 0.6 is 0 Å². The molecular formula is C84H75Ir4N5O6-4. The van der Waals surface area contributed by atoms with Crippen LogP contribution in [0.15, 0.2) is 291 Å². The summed E-state index contributed by atoms with van der Waals surface area (Å²) >= 11 is 0. The van der Waals surface area contributed by atoms with Crippen LogP contribution in [-0.4, -0.2) is 57.6 Å². The number of hydrogen-bond acceptors (Lipinski definition) is 11. The van der Waals surface area contributed by atoms with E-state index < -0.39 is 0 Å². The fourth-order valence-corrected chi connectivity index (χ4v) is 9.42. The van der Waals surface area contributed by atoms with Gasteiger partial charge in [0.05, 0.1) is 39.5 Å². The van der Waals surface area contributed by atoms with E-state index in [1.807, 2.05) is 176 Å². The molecule has 0 bridgehead atoms. The van der Waals surface area contributed by atoms with Crippen LogP contribution in [0, 0.1) is 24.3 Å². The van der Waals surface area contributed by atoms with Gasteiger partial charge in [-0.3, -0.25) is 29.3 Å². The first kappa shape index (κ1) is 84.0. The molecular weight excluding hydrogens is 1940 g/mol. The van der Waals surface area contributed by atoms with E-state index in [2.05, 4.69) is 139 Å². The Hall–Kier alpha value is -9.22. The van der Waals surface area contributed by atoms with E-state index in [9.17, 15) is 14.4 Å². The summed E-state index contributed by atoms with van der Waals surface area (Å²) in [6, 6.07) is 94.2. The largest absolute Gasteiger partial charge is 0.512 e. The van der Waals surface area contributed by atoms with Gasteiger partial charge in [-0.2, -0.15) is 0 Å². The molecule has 11 nitrogen and oxygen atoms in total. The second kappa shape index (κ2) is 43.2. The summed E-state index contributed by atoms with van der Waals surface area (Å²) in [5.74, 6) is -0.187. The SMILES string of the molecule is CC(=O)C=C(C)O.CC(=O)C=C(C)O.CC(=O)C=C(C)O.CC(C)(C)c1c[c-]c(-c2nccc3ccccc23)cc1.[Ir].[Ir].[Ir].[Ir].[c-]1ccccc1-c1ccc2ccccc2n1.[c-]1ccccc1-c1nc2ccccc2nc1-c1ccccc1.[c-]1ccccc1-c1nccc2ccccc12. The minimum absolute atomic E-state index is 0. The number of nitrogens with zero attached hydrogens (tertiary/aromatic N) is 5.